The lowest BCUT2D eigenvalue weighted by Gasteiger charge is -2.17. The lowest BCUT2D eigenvalue weighted by molar-refractivity contribution is -0.140. The zero-order valence-electron chi connectivity index (χ0n) is 16.0. The molecule has 8 heteroatoms. The van der Waals surface area contributed by atoms with Crippen molar-refractivity contribution in [2.45, 2.75) is 32.7 Å². The minimum atomic E-state index is -1.29. The van der Waals surface area contributed by atoms with Crippen LogP contribution in [0.15, 0.2) is 18.2 Å². The zero-order valence-corrected chi connectivity index (χ0v) is 16.0. The summed E-state index contributed by atoms with van der Waals surface area (Å²) in [5, 5.41) is 11.9. The van der Waals surface area contributed by atoms with Crippen molar-refractivity contribution >= 4 is 23.2 Å². The van der Waals surface area contributed by atoms with E-state index in [0.717, 1.165) is 5.56 Å². The number of nitrogens with two attached hydrogens (primary N) is 1. The van der Waals surface area contributed by atoms with Gasteiger partial charge < -0.3 is 25.6 Å². The maximum absolute atomic E-state index is 11.8. The van der Waals surface area contributed by atoms with Crippen molar-refractivity contribution in [3.05, 3.63) is 29.3 Å². The summed E-state index contributed by atoms with van der Waals surface area (Å²) in [5.41, 5.74) is 7.21. The van der Waals surface area contributed by atoms with Gasteiger partial charge in [0.05, 0.1) is 14.2 Å². The van der Waals surface area contributed by atoms with Gasteiger partial charge in [-0.2, -0.15) is 0 Å². The Morgan fingerprint density at radius 2 is 1.81 bits per heavy atom. The first-order valence-corrected chi connectivity index (χ1v) is 8.38. The third kappa shape index (κ3) is 6.41. The highest BCUT2D eigenvalue weighted by molar-refractivity contribution is 5.92. The number of carboxylic acid groups (broad SMARTS) is 1. The molecule has 1 amide bonds. The van der Waals surface area contributed by atoms with Gasteiger partial charge >= 0.3 is 5.97 Å². The molecule has 1 rings (SSSR count). The predicted octanol–water partition coefficient (Wildman–Crippen LogP) is 1.29. The van der Waals surface area contributed by atoms with E-state index in [1.807, 2.05) is 6.92 Å². The molecule has 0 radical (unpaired) electrons. The molecule has 0 fully saturated rings. The van der Waals surface area contributed by atoms with E-state index < -0.39 is 17.9 Å². The van der Waals surface area contributed by atoms with E-state index in [4.69, 9.17) is 15.2 Å². The maximum atomic E-state index is 11.8. The van der Waals surface area contributed by atoms with Gasteiger partial charge in [-0.05, 0) is 48.8 Å². The number of ketones is 1. The third-order valence-corrected chi connectivity index (χ3v) is 3.84. The number of hydrogen-bond acceptors (Lipinski definition) is 6. The molecular formula is C19H26N2O6. The number of methoxy groups -OCH3 is 2. The van der Waals surface area contributed by atoms with Gasteiger partial charge in [-0.3, -0.25) is 9.59 Å². The summed E-state index contributed by atoms with van der Waals surface area (Å²) in [5.74, 6) is -0.890. The molecule has 0 heterocycles. The average Bonchev–Trinajstić information content (AvgIpc) is 2.59. The van der Waals surface area contributed by atoms with E-state index in [-0.39, 0.29) is 25.2 Å². The Morgan fingerprint density at radius 3 is 2.30 bits per heavy atom. The summed E-state index contributed by atoms with van der Waals surface area (Å²) in [4.78, 5) is 35.1. The van der Waals surface area contributed by atoms with Crippen molar-refractivity contribution < 1.29 is 29.0 Å². The topological polar surface area (TPSA) is 128 Å². The van der Waals surface area contributed by atoms with Gasteiger partial charge in [0, 0.05) is 19.4 Å². The van der Waals surface area contributed by atoms with Crippen LogP contribution in [0.2, 0.25) is 0 Å². The highest BCUT2D eigenvalue weighted by Crippen LogP contribution is 2.34. The number of ether oxygens (including phenoxy) is 2. The highest BCUT2D eigenvalue weighted by atomic mass is 16.5. The molecule has 0 aliphatic heterocycles. The standard InChI is InChI=1S/C19H26N2O6/c1-11-7-16(26-3)17(27-4)10-14(11)13(8-12(2)22)9-15(19(24)25)21-18(23)5-6-20/h7,9-10,15H,5-6,8,20H2,1-4H3,(H,21,23)(H,24,25)/b13-9+. The normalized spacial score (nSPS) is 12.3. The third-order valence-electron chi connectivity index (χ3n) is 3.84. The van der Waals surface area contributed by atoms with E-state index in [9.17, 15) is 19.5 Å². The molecule has 8 nitrogen and oxygen atoms in total. The lowest BCUT2D eigenvalue weighted by Crippen LogP contribution is -2.40. The van der Waals surface area contributed by atoms with E-state index in [2.05, 4.69) is 5.32 Å². The Labute approximate surface area is 158 Å². The number of rotatable bonds is 10. The lowest BCUT2D eigenvalue weighted by atomic mass is 9.94. The van der Waals surface area contributed by atoms with Gasteiger partial charge in [-0.15, -0.1) is 0 Å². The fourth-order valence-electron chi connectivity index (χ4n) is 2.59. The number of carbonyl (C=O) groups is 3. The summed E-state index contributed by atoms with van der Waals surface area (Å²) < 4.78 is 10.6. The van der Waals surface area contributed by atoms with Crippen LogP contribution in [-0.4, -0.2) is 49.6 Å². The van der Waals surface area contributed by atoms with Crippen LogP contribution in [0.4, 0.5) is 0 Å². The van der Waals surface area contributed by atoms with E-state index in [1.165, 1.54) is 27.2 Å². The Kier molecular flexibility index (Phi) is 8.47. The maximum Gasteiger partial charge on any atom is 0.330 e. The molecule has 4 N–H and O–H groups in total. The fraction of sp³-hybridized carbons (Fsp3) is 0.421. The first-order valence-electron chi connectivity index (χ1n) is 8.38. The molecule has 27 heavy (non-hydrogen) atoms. The molecule has 0 spiro atoms. The SMILES string of the molecule is COc1cc(C)c(/C(=C/C(NC(=O)CCN)C(=O)O)CC(C)=O)cc1OC. The van der Waals surface area contributed by atoms with Crippen LogP contribution in [0, 0.1) is 6.92 Å². The molecule has 148 valence electrons. The second kappa shape index (κ2) is 10.3. The van der Waals surface area contributed by atoms with Crippen molar-refractivity contribution in [1.29, 1.82) is 0 Å². The van der Waals surface area contributed by atoms with Crippen LogP contribution in [-0.2, 0) is 14.4 Å². The van der Waals surface area contributed by atoms with E-state index in [1.54, 1.807) is 12.1 Å². The molecule has 1 aromatic rings. The summed E-state index contributed by atoms with van der Waals surface area (Å²) in [6, 6.07) is 2.14. The summed E-state index contributed by atoms with van der Waals surface area (Å²) in [6.07, 6.45) is 1.38. The Balaban J connectivity index is 3.42. The second-order valence-corrected chi connectivity index (χ2v) is 6.01. The van der Waals surface area contributed by atoms with Crippen LogP contribution < -0.4 is 20.5 Å². The molecule has 1 atom stereocenters. The number of aliphatic carboxylic acids is 1. The number of benzene rings is 1. The van der Waals surface area contributed by atoms with E-state index in [0.29, 0.717) is 22.6 Å². The molecule has 0 saturated heterocycles. The quantitative estimate of drug-likeness (QED) is 0.560. The smallest absolute Gasteiger partial charge is 0.330 e. The average molecular weight is 378 g/mol. The number of hydrogen-bond donors (Lipinski definition) is 3. The number of aryl methyl sites for hydroxylation is 1. The molecule has 0 aromatic heterocycles. The van der Waals surface area contributed by atoms with Crippen molar-refractivity contribution in [3.8, 4) is 11.5 Å². The van der Waals surface area contributed by atoms with Gasteiger partial charge in [0.15, 0.2) is 11.5 Å². The van der Waals surface area contributed by atoms with Gasteiger partial charge in [0.1, 0.15) is 11.8 Å². The van der Waals surface area contributed by atoms with Crippen LogP contribution in [0.5, 0.6) is 11.5 Å². The highest BCUT2D eigenvalue weighted by Gasteiger charge is 2.21. The van der Waals surface area contributed by atoms with Crippen LogP contribution >= 0.6 is 0 Å². The van der Waals surface area contributed by atoms with Gasteiger partial charge in [-0.25, -0.2) is 4.79 Å². The number of nitrogens with one attached hydrogen (secondary N) is 1. The van der Waals surface area contributed by atoms with E-state index >= 15 is 0 Å². The number of carbonyl (C=O) groups excluding carboxylic acids is 2. The molecule has 1 unspecified atom stereocenters. The first-order chi connectivity index (χ1) is 12.7. The molecule has 0 bridgehead atoms. The molecule has 1 aromatic carbocycles. The van der Waals surface area contributed by atoms with Gasteiger partial charge in [0.2, 0.25) is 5.91 Å². The molecule has 0 saturated carbocycles. The largest absolute Gasteiger partial charge is 0.493 e. The molecule has 0 aliphatic rings. The monoisotopic (exact) mass is 378 g/mol. The Hall–Kier alpha value is -2.87. The second-order valence-electron chi connectivity index (χ2n) is 6.01. The fourth-order valence-corrected chi connectivity index (χ4v) is 2.59. The minimum absolute atomic E-state index is 0.00681. The molecule has 0 aliphatic carbocycles. The Morgan fingerprint density at radius 1 is 1.22 bits per heavy atom. The van der Waals surface area contributed by atoms with Crippen molar-refractivity contribution in [3.63, 3.8) is 0 Å². The first kappa shape index (κ1) is 22.2. The van der Waals surface area contributed by atoms with Crippen molar-refractivity contribution in [2.75, 3.05) is 20.8 Å². The Bertz CT molecular complexity index is 742. The van der Waals surface area contributed by atoms with Crippen LogP contribution in [0.25, 0.3) is 5.57 Å². The summed E-state index contributed by atoms with van der Waals surface area (Å²) in [6.45, 7) is 3.33. The predicted molar refractivity (Wildman–Crippen MR) is 101 cm³/mol. The number of amides is 1. The number of allylic oxidation sites excluding steroid dienone is 1. The summed E-state index contributed by atoms with van der Waals surface area (Å²) in [7, 11) is 3.00. The van der Waals surface area contributed by atoms with Gasteiger partial charge in [-0.1, -0.05) is 0 Å². The minimum Gasteiger partial charge on any atom is -0.493 e. The van der Waals surface area contributed by atoms with Crippen LogP contribution in [0.1, 0.15) is 30.9 Å². The number of Topliss-reactive ketones (excluding diaryl/α,β-unsaturated/α-hetero) is 1. The zero-order chi connectivity index (χ0) is 20.6. The van der Waals surface area contributed by atoms with Crippen molar-refractivity contribution in [1.82, 2.24) is 5.32 Å². The van der Waals surface area contributed by atoms with Crippen LogP contribution in [0.3, 0.4) is 0 Å². The molecular weight excluding hydrogens is 352 g/mol. The van der Waals surface area contributed by atoms with Crippen molar-refractivity contribution in [2.24, 2.45) is 5.73 Å². The van der Waals surface area contributed by atoms with Gasteiger partial charge in [0.25, 0.3) is 0 Å². The summed E-state index contributed by atoms with van der Waals surface area (Å²) >= 11 is 0. The number of carboxylic acids is 1.